The summed E-state index contributed by atoms with van der Waals surface area (Å²) >= 11 is 0. The molecule has 1 aliphatic carbocycles. The number of hydrogen-bond donors (Lipinski definition) is 3. The number of piperazine rings is 1. The topological polar surface area (TPSA) is 132 Å². The third kappa shape index (κ3) is 6.30. The molecule has 0 radical (unpaired) electrons. The van der Waals surface area contributed by atoms with Crippen molar-refractivity contribution in [1.29, 1.82) is 0 Å². The van der Waals surface area contributed by atoms with Crippen LogP contribution in [0.1, 0.15) is 64.2 Å². The van der Waals surface area contributed by atoms with Crippen LogP contribution in [0.15, 0.2) is 51.8 Å². The van der Waals surface area contributed by atoms with E-state index in [0.29, 0.717) is 41.6 Å². The van der Waals surface area contributed by atoms with Gasteiger partial charge in [-0.15, -0.1) is 10.2 Å². The maximum atomic E-state index is 13.3. The number of aromatic nitrogens is 4. The molecule has 224 valence electrons. The van der Waals surface area contributed by atoms with Crippen molar-refractivity contribution >= 4 is 38.4 Å². The summed E-state index contributed by atoms with van der Waals surface area (Å²) in [5, 5.41) is 11.8. The molecule has 1 aliphatic heterocycles. The highest BCUT2D eigenvalue weighted by Gasteiger charge is 2.31. The van der Waals surface area contributed by atoms with Crippen molar-refractivity contribution in [2.45, 2.75) is 68.7 Å². The first-order valence-electron chi connectivity index (χ1n) is 14.7. The molecular formula is C30H40N8O3S. The van der Waals surface area contributed by atoms with Gasteiger partial charge in [0.05, 0.1) is 15.9 Å². The quantitative estimate of drug-likeness (QED) is 0.278. The Morgan fingerprint density at radius 2 is 1.67 bits per heavy atom. The standard InChI is InChI=1S/C30H40N8O3S/c1-30(2,3)28-35-34-27(41-28)20-5-7-22(8-6-20)36-42(39,40)24-13-14-25-26(19-24)33-29(32-25)31-21-9-11-23(12-10-21)38-17-15-37(4)16-18-38/h9-14,19-20,22,36H,5-8,15-18H2,1-4H3,(H2,31,32,33). The minimum absolute atomic E-state index is 0.139. The van der Waals surface area contributed by atoms with Gasteiger partial charge in [0.15, 0.2) is 0 Å². The van der Waals surface area contributed by atoms with Crippen molar-refractivity contribution in [2.24, 2.45) is 0 Å². The molecule has 2 aliphatic rings. The summed E-state index contributed by atoms with van der Waals surface area (Å²) < 4.78 is 35.4. The van der Waals surface area contributed by atoms with Gasteiger partial charge in [0.1, 0.15) is 0 Å². The molecule has 0 spiro atoms. The third-order valence-corrected chi connectivity index (χ3v) is 9.76. The van der Waals surface area contributed by atoms with Gasteiger partial charge in [-0.3, -0.25) is 0 Å². The van der Waals surface area contributed by atoms with E-state index in [4.69, 9.17) is 4.42 Å². The first-order chi connectivity index (χ1) is 20.0. The zero-order valence-electron chi connectivity index (χ0n) is 24.7. The summed E-state index contributed by atoms with van der Waals surface area (Å²) in [4.78, 5) is 12.8. The maximum absolute atomic E-state index is 13.3. The van der Waals surface area contributed by atoms with Crippen LogP contribution in [-0.4, -0.2) is 72.8 Å². The molecule has 2 aromatic heterocycles. The molecule has 6 rings (SSSR count). The molecule has 2 fully saturated rings. The Hall–Kier alpha value is -3.48. The van der Waals surface area contributed by atoms with Crippen LogP contribution in [0.4, 0.5) is 17.3 Å². The highest BCUT2D eigenvalue weighted by atomic mass is 32.2. The maximum Gasteiger partial charge on any atom is 0.240 e. The first kappa shape index (κ1) is 28.6. The lowest BCUT2D eigenvalue weighted by Crippen LogP contribution is -2.44. The van der Waals surface area contributed by atoms with Gasteiger partial charge >= 0.3 is 0 Å². The highest BCUT2D eigenvalue weighted by Crippen LogP contribution is 2.34. The van der Waals surface area contributed by atoms with Gasteiger partial charge in [-0.2, -0.15) is 0 Å². The second-order valence-corrected chi connectivity index (χ2v) is 14.3. The van der Waals surface area contributed by atoms with E-state index in [0.717, 1.165) is 44.7 Å². The summed E-state index contributed by atoms with van der Waals surface area (Å²) in [6.07, 6.45) is 3.02. The van der Waals surface area contributed by atoms with E-state index in [1.807, 2.05) is 32.9 Å². The largest absolute Gasteiger partial charge is 0.424 e. The van der Waals surface area contributed by atoms with Crippen molar-refractivity contribution < 1.29 is 12.8 Å². The number of imidazole rings is 1. The average molecular weight is 593 g/mol. The molecule has 1 saturated carbocycles. The number of sulfonamides is 1. The zero-order valence-corrected chi connectivity index (χ0v) is 25.5. The van der Waals surface area contributed by atoms with Gasteiger partial charge in [0.25, 0.3) is 0 Å². The molecule has 0 amide bonds. The molecule has 2 aromatic carbocycles. The van der Waals surface area contributed by atoms with Crippen molar-refractivity contribution in [3.63, 3.8) is 0 Å². The van der Waals surface area contributed by atoms with Crippen molar-refractivity contribution in [3.05, 3.63) is 54.2 Å². The number of hydrogen-bond acceptors (Lipinski definition) is 9. The predicted molar refractivity (Wildman–Crippen MR) is 164 cm³/mol. The second kappa shape index (κ2) is 11.3. The number of rotatable bonds is 7. The van der Waals surface area contributed by atoms with Crippen molar-refractivity contribution in [2.75, 3.05) is 43.4 Å². The predicted octanol–water partition coefficient (Wildman–Crippen LogP) is 4.74. The number of nitrogens with zero attached hydrogens (tertiary/aromatic N) is 5. The molecule has 11 nitrogen and oxygen atoms in total. The number of H-pyrrole nitrogens is 1. The number of likely N-dealkylation sites (N-methyl/N-ethyl adjacent to an activating group) is 1. The van der Waals surface area contributed by atoms with Gasteiger partial charge in [0, 0.05) is 54.9 Å². The Bertz CT molecular complexity index is 1620. The molecular weight excluding hydrogens is 552 g/mol. The molecule has 12 heteroatoms. The van der Waals surface area contributed by atoms with E-state index < -0.39 is 10.0 Å². The Kier molecular flexibility index (Phi) is 7.71. The Balaban J connectivity index is 1.07. The molecule has 1 saturated heterocycles. The molecule has 0 atom stereocenters. The fourth-order valence-electron chi connectivity index (χ4n) is 5.62. The van der Waals surface area contributed by atoms with Gasteiger partial charge < -0.3 is 24.5 Å². The zero-order chi connectivity index (χ0) is 29.5. The lowest BCUT2D eigenvalue weighted by atomic mass is 9.86. The molecule has 42 heavy (non-hydrogen) atoms. The summed E-state index contributed by atoms with van der Waals surface area (Å²) in [6.45, 7) is 10.3. The number of aromatic amines is 1. The monoisotopic (exact) mass is 592 g/mol. The summed E-state index contributed by atoms with van der Waals surface area (Å²) in [7, 11) is -1.54. The molecule has 3 heterocycles. The summed E-state index contributed by atoms with van der Waals surface area (Å²) in [5.74, 6) is 2.01. The van der Waals surface area contributed by atoms with Crippen LogP contribution >= 0.6 is 0 Å². The molecule has 0 unspecified atom stereocenters. The fourth-order valence-corrected chi connectivity index (χ4v) is 6.95. The van der Waals surface area contributed by atoms with E-state index >= 15 is 0 Å². The van der Waals surface area contributed by atoms with E-state index in [1.165, 1.54) is 5.69 Å². The van der Waals surface area contributed by atoms with Crippen LogP contribution in [-0.2, 0) is 15.4 Å². The van der Waals surface area contributed by atoms with Crippen molar-refractivity contribution in [1.82, 2.24) is 29.8 Å². The highest BCUT2D eigenvalue weighted by molar-refractivity contribution is 7.89. The first-order valence-corrected chi connectivity index (χ1v) is 16.2. The number of benzene rings is 2. The van der Waals surface area contributed by atoms with Gasteiger partial charge in [-0.1, -0.05) is 20.8 Å². The van der Waals surface area contributed by atoms with Crippen LogP contribution < -0.4 is 14.9 Å². The van der Waals surface area contributed by atoms with Crippen molar-refractivity contribution in [3.8, 4) is 0 Å². The number of nitrogens with one attached hydrogen (secondary N) is 3. The van der Waals surface area contributed by atoms with Crippen LogP contribution in [0.2, 0.25) is 0 Å². The van der Waals surface area contributed by atoms with Crippen LogP contribution in [0.5, 0.6) is 0 Å². The van der Waals surface area contributed by atoms with E-state index in [2.05, 4.69) is 59.2 Å². The Labute approximate surface area is 247 Å². The summed E-state index contributed by atoms with van der Waals surface area (Å²) in [6, 6.07) is 13.2. The number of anilines is 3. The van der Waals surface area contributed by atoms with E-state index in [-0.39, 0.29) is 22.3 Å². The fraction of sp³-hybridized carbons (Fsp3) is 0.500. The van der Waals surface area contributed by atoms with Crippen LogP contribution in [0.3, 0.4) is 0 Å². The van der Waals surface area contributed by atoms with Gasteiger partial charge in [-0.25, -0.2) is 18.1 Å². The minimum Gasteiger partial charge on any atom is -0.424 e. The third-order valence-electron chi connectivity index (χ3n) is 8.24. The lowest BCUT2D eigenvalue weighted by Gasteiger charge is -2.34. The Morgan fingerprint density at radius 3 is 2.33 bits per heavy atom. The van der Waals surface area contributed by atoms with Crippen LogP contribution in [0, 0.1) is 0 Å². The SMILES string of the molecule is CN1CCN(c2ccc(Nc3nc4ccc(S(=O)(=O)NC5CCC(c6nnc(C(C)(C)C)o6)CC5)cc4[nH]3)cc2)CC1. The van der Waals surface area contributed by atoms with E-state index in [1.54, 1.807) is 18.2 Å². The van der Waals surface area contributed by atoms with Gasteiger partial charge in [0.2, 0.25) is 27.8 Å². The second-order valence-electron chi connectivity index (χ2n) is 12.6. The number of fused-ring (bicyclic) bond motifs is 1. The minimum atomic E-state index is -3.69. The van der Waals surface area contributed by atoms with Crippen LogP contribution in [0.25, 0.3) is 11.0 Å². The summed E-state index contributed by atoms with van der Waals surface area (Å²) in [5.41, 5.74) is 3.27. The molecule has 3 N–H and O–H groups in total. The van der Waals surface area contributed by atoms with Gasteiger partial charge in [-0.05, 0) is 75.2 Å². The Morgan fingerprint density at radius 1 is 0.952 bits per heavy atom. The average Bonchev–Trinajstić information content (AvgIpc) is 3.61. The lowest BCUT2D eigenvalue weighted by molar-refractivity contribution is 0.304. The van der Waals surface area contributed by atoms with E-state index in [9.17, 15) is 8.42 Å². The smallest absolute Gasteiger partial charge is 0.240 e. The molecule has 0 bridgehead atoms. The molecule has 4 aromatic rings. The normalized spacial score (nSPS) is 20.7.